The lowest BCUT2D eigenvalue weighted by molar-refractivity contribution is -0.118. The van der Waals surface area contributed by atoms with Crippen molar-refractivity contribution in [2.75, 3.05) is 20.0 Å². The van der Waals surface area contributed by atoms with Crippen LogP contribution in [0.25, 0.3) is 11.4 Å². The number of hydrogen-bond donors (Lipinski definition) is 1. The molecule has 0 atom stereocenters. The molecule has 10 heteroatoms. The van der Waals surface area contributed by atoms with Crippen molar-refractivity contribution in [2.24, 2.45) is 5.10 Å². The van der Waals surface area contributed by atoms with Gasteiger partial charge in [-0.2, -0.15) is 5.10 Å². The number of ether oxygens (including phenoxy) is 3. The van der Waals surface area contributed by atoms with Gasteiger partial charge in [-0.25, -0.2) is 5.43 Å². The fourth-order valence-corrected chi connectivity index (χ4v) is 4.39. The Bertz CT molecular complexity index is 1370. The van der Waals surface area contributed by atoms with Crippen molar-refractivity contribution in [1.82, 2.24) is 20.2 Å². The summed E-state index contributed by atoms with van der Waals surface area (Å²) in [6.07, 6.45) is 1.56. The average molecular weight is 532 g/mol. The first-order valence-electron chi connectivity index (χ1n) is 12.0. The first-order chi connectivity index (χ1) is 18.6. The third-order valence-corrected chi connectivity index (χ3v) is 6.51. The zero-order valence-corrected chi connectivity index (χ0v) is 22.3. The van der Waals surface area contributed by atoms with E-state index in [9.17, 15) is 4.79 Å². The molecule has 3 aromatic carbocycles. The van der Waals surface area contributed by atoms with E-state index in [2.05, 4.69) is 20.7 Å². The van der Waals surface area contributed by atoms with E-state index in [4.69, 9.17) is 14.2 Å². The fraction of sp³-hybridized carbons (Fsp3) is 0.214. The van der Waals surface area contributed by atoms with Crippen LogP contribution < -0.4 is 19.6 Å². The SMILES string of the molecule is CCn1c(SCC(=O)N/N=C/c2ccc(OCc3ccccc3)c(OC)c2)nnc1-c1ccc(OC)cc1. The largest absolute Gasteiger partial charge is 0.497 e. The molecule has 0 aliphatic heterocycles. The van der Waals surface area contributed by atoms with Gasteiger partial charge in [-0.15, -0.1) is 10.2 Å². The summed E-state index contributed by atoms with van der Waals surface area (Å²) in [6.45, 7) is 3.12. The number of methoxy groups -OCH3 is 2. The van der Waals surface area contributed by atoms with Crippen molar-refractivity contribution in [3.05, 3.63) is 83.9 Å². The minimum absolute atomic E-state index is 0.146. The molecular formula is C28H29N5O4S. The second kappa shape index (κ2) is 13.3. The topological polar surface area (TPSA) is 99.9 Å². The van der Waals surface area contributed by atoms with Gasteiger partial charge in [0.25, 0.3) is 5.91 Å². The van der Waals surface area contributed by atoms with Crippen LogP contribution in [0.1, 0.15) is 18.1 Å². The van der Waals surface area contributed by atoms with Gasteiger partial charge in [0.2, 0.25) is 0 Å². The molecule has 4 rings (SSSR count). The van der Waals surface area contributed by atoms with Crippen LogP contribution in [0.2, 0.25) is 0 Å². The Labute approximate surface area is 225 Å². The molecule has 1 amide bonds. The summed E-state index contributed by atoms with van der Waals surface area (Å²) in [5.74, 6) is 2.61. The summed E-state index contributed by atoms with van der Waals surface area (Å²) in [5.41, 5.74) is 5.30. The number of carbonyl (C=O) groups excluding carboxylic acids is 1. The van der Waals surface area contributed by atoms with Crippen LogP contribution in [0.3, 0.4) is 0 Å². The van der Waals surface area contributed by atoms with Crippen molar-refractivity contribution >= 4 is 23.9 Å². The van der Waals surface area contributed by atoms with E-state index in [0.717, 1.165) is 28.3 Å². The summed E-state index contributed by atoms with van der Waals surface area (Å²) in [7, 11) is 3.21. The van der Waals surface area contributed by atoms with Crippen molar-refractivity contribution in [3.63, 3.8) is 0 Å². The van der Waals surface area contributed by atoms with Crippen LogP contribution in [0.15, 0.2) is 83.1 Å². The molecule has 0 spiro atoms. The highest BCUT2D eigenvalue weighted by atomic mass is 32.2. The number of thioether (sulfide) groups is 1. The molecule has 0 saturated carbocycles. The Balaban J connectivity index is 1.31. The van der Waals surface area contributed by atoms with Gasteiger partial charge in [0.1, 0.15) is 12.4 Å². The van der Waals surface area contributed by atoms with E-state index < -0.39 is 0 Å². The lowest BCUT2D eigenvalue weighted by atomic mass is 10.2. The number of aromatic nitrogens is 3. The molecule has 38 heavy (non-hydrogen) atoms. The molecule has 9 nitrogen and oxygen atoms in total. The van der Waals surface area contributed by atoms with Crippen molar-refractivity contribution < 1.29 is 19.0 Å². The molecule has 1 heterocycles. The molecular weight excluding hydrogens is 502 g/mol. The first-order valence-corrected chi connectivity index (χ1v) is 13.0. The van der Waals surface area contributed by atoms with E-state index in [1.165, 1.54) is 11.8 Å². The van der Waals surface area contributed by atoms with E-state index in [1.54, 1.807) is 26.5 Å². The molecule has 196 valence electrons. The van der Waals surface area contributed by atoms with Crippen LogP contribution in [0, 0.1) is 0 Å². The Kier molecular flexibility index (Phi) is 9.36. The smallest absolute Gasteiger partial charge is 0.250 e. The third kappa shape index (κ3) is 6.92. The molecule has 4 aromatic rings. The quantitative estimate of drug-likeness (QED) is 0.159. The van der Waals surface area contributed by atoms with Crippen LogP contribution in [-0.2, 0) is 17.9 Å². The fourth-order valence-electron chi connectivity index (χ4n) is 3.59. The molecule has 0 bridgehead atoms. The zero-order valence-electron chi connectivity index (χ0n) is 21.5. The van der Waals surface area contributed by atoms with E-state index in [-0.39, 0.29) is 11.7 Å². The van der Waals surface area contributed by atoms with E-state index in [0.29, 0.717) is 29.8 Å². The second-order valence-electron chi connectivity index (χ2n) is 8.05. The second-order valence-corrected chi connectivity index (χ2v) is 8.99. The predicted octanol–water partition coefficient (Wildman–Crippen LogP) is 4.80. The highest BCUT2D eigenvalue weighted by Gasteiger charge is 2.14. The third-order valence-electron chi connectivity index (χ3n) is 5.54. The molecule has 1 N–H and O–H groups in total. The summed E-state index contributed by atoms with van der Waals surface area (Å²) in [6, 6.07) is 23.0. The molecule has 0 aliphatic carbocycles. The maximum atomic E-state index is 12.4. The lowest BCUT2D eigenvalue weighted by Gasteiger charge is -2.11. The van der Waals surface area contributed by atoms with Crippen LogP contribution >= 0.6 is 11.8 Å². The van der Waals surface area contributed by atoms with Gasteiger partial charge < -0.3 is 18.8 Å². The van der Waals surface area contributed by atoms with Crippen molar-refractivity contribution in [1.29, 1.82) is 0 Å². The van der Waals surface area contributed by atoms with Crippen LogP contribution in [0.4, 0.5) is 0 Å². The number of nitrogens with one attached hydrogen (secondary N) is 1. The van der Waals surface area contributed by atoms with Crippen molar-refractivity contribution in [2.45, 2.75) is 25.2 Å². The molecule has 0 radical (unpaired) electrons. The molecule has 0 saturated heterocycles. The Hall–Kier alpha value is -4.31. The maximum Gasteiger partial charge on any atom is 0.250 e. The number of hydrazone groups is 1. The van der Waals surface area contributed by atoms with Crippen LogP contribution in [-0.4, -0.2) is 46.9 Å². The predicted molar refractivity (Wildman–Crippen MR) is 148 cm³/mol. The minimum atomic E-state index is -0.252. The number of benzene rings is 3. The van der Waals surface area contributed by atoms with Gasteiger partial charge in [-0.1, -0.05) is 42.1 Å². The number of amides is 1. The Morgan fingerprint density at radius 3 is 2.50 bits per heavy atom. The maximum absolute atomic E-state index is 12.4. The van der Waals surface area contributed by atoms with Gasteiger partial charge >= 0.3 is 0 Å². The zero-order chi connectivity index (χ0) is 26.7. The van der Waals surface area contributed by atoms with Gasteiger partial charge in [-0.3, -0.25) is 4.79 Å². The summed E-state index contributed by atoms with van der Waals surface area (Å²) in [4.78, 5) is 12.4. The summed E-state index contributed by atoms with van der Waals surface area (Å²) < 4.78 is 18.5. The standard InChI is InChI=1S/C28H29N5O4S/c1-4-33-27(22-11-13-23(35-2)14-12-22)31-32-28(33)38-19-26(34)30-29-17-21-10-15-24(25(16-21)36-3)37-18-20-8-6-5-7-9-20/h5-17H,4,18-19H2,1-3H3,(H,30,34)/b29-17+. The Morgan fingerprint density at radius 1 is 1.00 bits per heavy atom. The Morgan fingerprint density at radius 2 is 1.79 bits per heavy atom. The molecule has 0 unspecified atom stereocenters. The highest BCUT2D eigenvalue weighted by Crippen LogP contribution is 2.28. The normalized spacial score (nSPS) is 10.9. The van der Waals surface area contributed by atoms with E-state index in [1.807, 2.05) is 78.2 Å². The van der Waals surface area contributed by atoms with Gasteiger partial charge in [0, 0.05) is 12.1 Å². The minimum Gasteiger partial charge on any atom is -0.497 e. The number of hydrogen-bond acceptors (Lipinski definition) is 8. The summed E-state index contributed by atoms with van der Waals surface area (Å²) >= 11 is 1.30. The molecule has 0 fully saturated rings. The van der Waals surface area contributed by atoms with Gasteiger partial charge in [0.05, 0.1) is 26.2 Å². The lowest BCUT2D eigenvalue weighted by Crippen LogP contribution is -2.20. The van der Waals surface area contributed by atoms with Gasteiger partial charge in [0.15, 0.2) is 22.5 Å². The van der Waals surface area contributed by atoms with E-state index >= 15 is 0 Å². The van der Waals surface area contributed by atoms with Crippen LogP contribution in [0.5, 0.6) is 17.2 Å². The van der Waals surface area contributed by atoms with Gasteiger partial charge in [-0.05, 0) is 60.5 Å². The number of rotatable bonds is 12. The molecule has 1 aromatic heterocycles. The van der Waals surface area contributed by atoms with Crippen molar-refractivity contribution in [3.8, 4) is 28.6 Å². The highest BCUT2D eigenvalue weighted by molar-refractivity contribution is 7.99. The average Bonchev–Trinajstić information content (AvgIpc) is 3.38. The summed E-state index contributed by atoms with van der Waals surface area (Å²) in [5, 5.41) is 13.3. The first kappa shape index (κ1) is 26.7. The number of carbonyl (C=O) groups is 1. The molecule has 0 aliphatic rings. The number of nitrogens with zero attached hydrogens (tertiary/aromatic N) is 4. The monoisotopic (exact) mass is 531 g/mol.